The molecule has 1 fully saturated rings. The van der Waals surface area contributed by atoms with Crippen LogP contribution in [0, 0.1) is 5.41 Å². The van der Waals surface area contributed by atoms with Gasteiger partial charge >= 0.3 is 5.97 Å². The van der Waals surface area contributed by atoms with Crippen molar-refractivity contribution in [2.45, 2.75) is 32.6 Å². The maximum Gasteiger partial charge on any atom is 0.317 e. The smallest absolute Gasteiger partial charge is 0.317 e. The van der Waals surface area contributed by atoms with Crippen LogP contribution in [0.5, 0.6) is 0 Å². The fraction of sp³-hybridized carbons (Fsp3) is 0.667. The third kappa shape index (κ3) is 1.61. The predicted octanol–water partition coefficient (Wildman–Crippen LogP) is 0.789. The van der Waals surface area contributed by atoms with E-state index in [0.29, 0.717) is 0 Å². The van der Waals surface area contributed by atoms with Crippen LogP contribution in [-0.2, 0) is 14.4 Å². The van der Waals surface area contributed by atoms with Crippen molar-refractivity contribution in [2.75, 3.05) is 0 Å². The van der Waals surface area contributed by atoms with Crippen molar-refractivity contribution in [3.63, 3.8) is 0 Å². The minimum Gasteiger partial charge on any atom is -0.480 e. The summed E-state index contributed by atoms with van der Waals surface area (Å²) in [5.74, 6) is -1.38. The number of carboxylic acid groups (broad SMARTS) is 1. The van der Waals surface area contributed by atoms with Crippen molar-refractivity contribution < 1.29 is 19.5 Å². The van der Waals surface area contributed by atoms with E-state index in [-0.39, 0.29) is 37.2 Å². The molecule has 0 heterocycles. The first-order chi connectivity index (χ1) is 5.99. The van der Waals surface area contributed by atoms with E-state index < -0.39 is 11.4 Å². The monoisotopic (exact) mass is 184 g/mol. The zero-order valence-electron chi connectivity index (χ0n) is 7.50. The molecule has 1 rings (SSSR count). The fourth-order valence-corrected chi connectivity index (χ4v) is 1.67. The Hall–Kier alpha value is -1.19. The highest BCUT2D eigenvalue weighted by Gasteiger charge is 2.45. The molecule has 0 aliphatic heterocycles. The van der Waals surface area contributed by atoms with E-state index in [2.05, 4.69) is 0 Å². The largest absolute Gasteiger partial charge is 0.480 e. The van der Waals surface area contributed by atoms with Crippen molar-refractivity contribution in [3.05, 3.63) is 0 Å². The minimum atomic E-state index is -1.28. The third-order valence-electron chi connectivity index (χ3n) is 2.74. The van der Waals surface area contributed by atoms with E-state index in [4.69, 9.17) is 5.11 Å². The molecule has 0 radical (unpaired) electrons. The van der Waals surface area contributed by atoms with Crippen LogP contribution >= 0.6 is 0 Å². The standard InChI is InChI=1S/C9H12O4/c1-6(10)9(8(12)13)4-2-7(11)3-5-9/h2-5H2,1H3,(H,12,13). The van der Waals surface area contributed by atoms with Crippen molar-refractivity contribution in [3.8, 4) is 0 Å². The molecule has 72 valence electrons. The van der Waals surface area contributed by atoms with Crippen LogP contribution in [0.2, 0.25) is 0 Å². The van der Waals surface area contributed by atoms with Gasteiger partial charge in [-0.2, -0.15) is 0 Å². The van der Waals surface area contributed by atoms with Gasteiger partial charge in [0, 0.05) is 12.8 Å². The lowest BCUT2D eigenvalue weighted by molar-refractivity contribution is -0.157. The third-order valence-corrected chi connectivity index (χ3v) is 2.74. The Balaban J connectivity index is 2.87. The first kappa shape index (κ1) is 9.89. The lowest BCUT2D eigenvalue weighted by Crippen LogP contribution is -2.41. The van der Waals surface area contributed by atoms with Gasteiger partial charge in [-0.15, -0.1) is 0 Å². The molecular formula is C9H12O4. The molecule has 0 aromatic carbocycles. The molecule has 0 aromatic heterocycles. The number of carboxylic acids is 1. The highest BCUT2D eigenvalue weighted by atomic mass is 16.4. The van der Waals surface area contributed by atoms with E-state index in [1.165, 1.54) is 6.92 Å². The van der Waals surface area contributed by atoms with Gasteiger partial charge in [-0.3, -0.25) is 14.4 Å². The van der Waals surface area contributed by atoms with Crippen molar-refractivity contribution in [2.24, 2.45) is 5.41 Å². The molecule has 0 spiro atoms. The van der Waals surface area contributed by atoms with Crippen molar-refractivity contribution in [1.29, 1.82) is 0 Å². The van der Waals surface area contributed by atoms with Crippen LogP contribution in [0.4, 0.5) is 0 Å². The molecule has 0 unspecified atom stereocenters. The number of ketones is 2. The molecule has 1 saturated carbocycles. The summed E-state index contributed by atoms with van der Waals surface area (Å²) in [6, 6.07) is 0. The van der Waals surface area contributed by atoms with Gasteiger partial charge in [-0.05, 0) is 19.8 Å². The lowest BCUT2D eigenvalue weighted by atomic mass is 9.71. The number of rotatable bonds is 2. The van der Waals surface area contributed by atoms with Crippen LogP contribution in [0.1, 0.15) is 32.6 Å². The Morgan fingerprint density at radius 2 is 1.77 bits per heavy atom. The molecule has 0 atom stereocenters. The van der Waals surface area contributed by atoms with Gasteiger partial charge in [0.1, 0.15) is 17.0 Å². The maximum absolute atomic E-state index is 11.2. The lowest BCUT2D eigenvalue weighted by Gasteiger charge is -2.29. The molecule has 1 N–H and O–H groups in total. The van der Waals surface area contributed by atoms with Gasteiger partial charge in [-0.1, -0.05) is 0 Å². The molecular weight excluding hydrogens is 172 g/mol. The van der Waals surface area contributed by atoms with Crippen molar-refractivity contribution in [1.82, 2.24) is 0 Å². The molecule has 0 aromatic rings. The van der Waals surface area contributed by atoms with E-state index >= 15 is 0 Å². The molecule has 0 bridgehead atoms. The number of Topliss-reactive ketones (excluding diaryl/α,β-unsaturated/α-hetero) is 2. The summed E-state index contributed by atoms with van der Waals surface area (Å²) in [5, 5.41) is 8.91. The van der Waals surface area contributed by atoms with E-state index in [1.807, 2.05) is 0 Å². The number of aliphatic carboxylic acids is 1. The van der Waals surface area contributed by atoms with Crippen LogP contribution in [0.25, 0.3) is 0 Å². The molecule has 4 heteroatoms. The molecule has 13 heavy (non-hydrogen) atoms. The Labute approximate surface area is 75.9 Å². The summed E-state index contributed by atoms with van der Waals surface area (Å²) >= 11 is 0. The Bertz CT molecular complexity index is 241. The van der Waals surface area contributed by atoms with Crippen LogP contribution in [-0.4, -0.2) is 22.6 Å². The second-order valence-electron chi connectivity index (χ2n) is 3.48. The summed E-state index contributed by atoms with van der Waals surface area (Å²) in [5.41, 5.74) is -1.28. The van der Waals surface area contributed by atoms with Gasteiger partial charge in [-0.25, -0.2) is 0 Å². The minimum absolute atomic E-state index is 0.0538. The second-order valence-corrected chi connectivity index (χ2v) is 3.48. The first-order valence-electron chi connectivity index (χ1n) is 4.25. The summed E-state index contributed by atoms with van der Waals surface area (Å²) in [7, 11) is 0. The fourth-order valence-electron chi connectivity index (χ4n) is 1.67. The van der Waals surface area contributed by atoms with Gasteiger partial charge in [0.15, 0.2) is 0 Å². The summed E-state index contributed by atoms with van der Waals surface area (Å²) in [6.07, 6.45) is 0.755. The Kier molecular flexibility index (Phi) is 2.50. The zero-order chi connectivity index (χ0) is 10.1. The Morgan fingerprint density at radius 3 is 2.08 bits per heavy atom. The number of carbonyl (C=O) groups is 3. The number of carbonyl (C=O) groups excluding carboxylic acids is 2. The Morgan fingerprint density at radius 1 is 1.31 bits per heavy atom. The average Bonchev–Trinajstić information content (AvgIpc) is 2.04. The molecule has 0 saturated heterocycles. The quantitative estimate of drug-likeness (QED) is 0.644. The highest BCUT2D eigenvalue weighted by Crippen LogP contribution is 2.35. The van der Waals surface area contributed by atoms with Gasteiger partial charge in [0.25, 0.3) is 0 Å². The average molecular weight is 184 g/mol. The van der Waals surface area contributed by atoms with Crippen LogP contribution < -0.4 is 0 Å². The topological polar surface area (TPSA) is 71.4 Å². The van der Waals surface area contributed by atoms with Crippen molar-refractivity contribution >= 4 is 17.5 Å². The van der Waals surface area contributed by atoms with Crippen LogP contribution in [0.3, 0.4) is 0 Å². The first-order valence-corrected chi connectivity index (χ1v) is 4.25. The van der Waals surface area contributed by atoms with Gasteiger partial charge < -0.3 is 5.11 Å². The van der Waals surface area contributed by atoms with E-state index in [1.54, 1.807) is 0 Å². The normalized spacial score (nSPS) is 21.2. The van der Waals surface area contributed by atoms with Gasteiger partial charge in [0.2, 0.25) is 0 Å². The van der Waals surface area contributed by atoms with E-state index in [9.17, 15) is 14.4 Å². The molecule has 0 amide bonds. The number of hydrogen-bond donors (Lipinski definition) is 1. The maximum atomic E-state index is 11.2. The molecule has 1 aliphatic rings. The zero-order valence-corrected chi connectivity index (χ0v) is 7.50. The van der Waals surface area contributed by atoms with E-state index in [0.717, 1.165) is 0 Å². The predicted molar refractivity (Wildman–Crippen MR) is 44.2 cm³/mol. The highest BCUT2D eigenvalue weighted by molar-refractivity contribution is 6.03. The molecule has 1 aliphatic carbocycles. The number of hydrogen-bond acceptors (Lipinski definition) is 3. The SMILES string of the molecule is CC(=O)C1(C(=O)O)CCC(=O)CC1. The van der Waals surface area contributed by atoms with Gasteiger partial charge in [0.05, 0.1) is 0 Å². The second kappa shape index (κ2) is 3.28. The van der Waals surface area contributed by atoms with Crippen LogP contribution in [0.15, 0.2) is 0 Å². The summed E-state index contributed by atoms with van der Waals surface area (Å²) in [4.78, 5) is 33.0. The molecule has 4 nitrogen and oxygen atoms in total. The summed E-state index contributed by atoms with van der Waals surface area (Å²) < 4.78 is 0. The summed E-state index contributed by atoms with van der Waals surface area (Å²) in [6.45, 7) is 1.28.